The molecule has 0 spiro atoms. The molecule has 1 rings (SSSR count). The molecule has 0 fully saturated rings. The molecule has 0 aromatic heterocycles. The number of benzene rings is 1. The van der Waals surface area contributed by atoms with E-state index in [1.165, 1.54) is 0 Å². The van der Waals surface area contributed by atoms with Crippen LogP contribution < -0.4 is 0 Å². The molecule has 0 radical (unpaired) electrons. The first-order valence-corrected chi connectivity index (χ1v) is 6.09. The maximum Gasteiger partial charge on any atom is 0.311 e. The molecule has 0 heterocycles. The van der Waals surface area contributed by atoms with Crippen LogP contribution in [-0.2, 0) is 0 Å². The number of aromatic hydroxyl groups is 1. The summed E-state index contributed by atoms with van der Waals surface area (Å²) in [6.45, 7) is 0. The van der Waals surface area contributed by atoms with Gasteiger partial charge in [-0.3, -0.25) is 10.1 Å². The molecule has 2 atom stereocenters. The molecular weight excluding hydrogens is 313 g/mol. The molecule has 0 saturated heterocycles. The Kier molecular flexibility index (Phi) is 5.00. The Morgan fingerprint density at radius 2 is 2.06 bits per heavy atom. The summed E-state index contributed by atoms with van der Waals surface area (Å²) in [5.41, 5.74) is -1.15. The fourth-order valence-corrected chi connectivity index (χ4v) is 1.89. The number of hydrogen-bond donors (Lipinski definition) is 3. The standard InChI is InChI=1S/C10H11BrFNO5/c11-2-1-8(14)10(16)5-3-7(13(17)18)9(15)4-6(5)12/h3-4,8,10,14-16H,1-2H2. The molecule has 1 aromatic rings. The zero-order valence-electron chi connectivity index (χ0n) is 9.08. The Morgan fingerprint density at radius 3 is 2.56 bits per heavy atom. The first-order valence-electron chi connectivity index (χ1n) is 4.97. The highest BCUT2D eigenvalue weighted by molar-refractivity contribution is 9.09. The quantitative estimate of drug-likeness (QED) is 0.434. The minimum atomic E-state index is -1.60. The fraction of sp³-hybridized carbons (Fsp3) is 0.400. The zero-order chi connectivity index (χ0) is 13.9. The van der Waals surface area contributed by atoms with E-state index >= 15 is 0 Å². The third kappa shape index (κ3) is 3.15. The minimum absolute atomic E-state index is 0.148. The molecule has 2 unspecified atom stereocenters. The van der Waals surface area contributed by atoms with Crippen molar-refractivity contribution in [3.8, 4) is 5.75 Å². The molecule has 8 heteroatoms. The number of halogens is 2. The van der Waals surface area contributed by atoms with E-state index in [2.05, 4.69) is 15.9 Å². The SMILES string of the molecule is O=[N+]([O-])c1cc(C(O)C(O)CCBr)c(F)cc1O. The lowest BCUT2D eigenvalue weighted by Gasteiger charge is -2.17. The highest BCUT2D eigenvalue weighted by Gasteiger charge is 2.26. The number of rotatable bonds is 5. The number of nitrogens with zero attached hydrogens (tertiary/aromatic N) is 1. The number of aliphatic hydroxyl groups is 2. The third-order valence-corrected chi connectivity index (χ3v) is 2.84. The fourth-order valence-electron chi connectivity index (χ4n) is 1.42. The van der Waals surface area contributed by atoms with E-state index in [0.29, 0.717) is 17.5 Å². The van der Waals surface area contributed by atoms with Crippen molar-refractivity contribution in [1.82, 2.24) is 0 Å². The minimum Gasteiger partial charge on any atom is -0.502 e. The van der Waals surface area contributed by atoms with Crippen molar-refractivity contribution in [1.29, 1.82) is 0 Å². The third-order valence-electron chi connectivity index (χ3n) is 2.38. The van der Waals surface area contributed by atoms with Crippen LogP contribution in [0, 0.1) is 15.9 Å². The first kappa shape index (κ1) is 14.8. The molecule has 0 saturated carbocycles. The van der Waals surface area contributed by atoms with Gasteiger partial charge in [-0.15, -0.1) is 0 Å². The Balaban J connectivity index is 3.15. The summed E-state index contributed by atoms with van der Waals surface area (Å²) >= 11 is 3.05. The van der Waals surface area contributed by atoms with Crippen LogP contribution in [0.25, 0.3) is 0 Å². The molecular formula is C10H11BrFNO5. The Bertz CT molecular complexity index is 456. The van der Waals surface area contributed by atoms with Gasteiger partial charge in [-0.2, -0.15) is 0 Å². The van der Waals surface area contributed by atoms with Gasteiger partial charge in [0.2, 0.25) is 0 Å². The molecule has 100 valence electrons. The lowest BCUT2D eigenvalue weighted by Crippen LogP contribution is -2.19. The van der Waals surface area contributed by atoms with Crippen LogP contribution in [0.15, 0.2) is 12.1 Å². The van der Waals surface area contributed by atoms with Crippen LogP contribution in [-0.4, -0.2) is 31.7 Å². The summed E-state index contributed by atoms with van der Waals surface area (Å²) in [7, 11) is 0. The molecule has 0 bridgehead atoms. The van der Waals surface area contributed by atoms with Gasteiger partial charge in [-0.05, 0) is 6.42 Å². The van der Waals surface area contributed by atoms with Gasteiger partial charge in [0.05, 0.1) is 11.0 Å². The maximum absolute atomic E-state index is 13.5. The second-order valence-electron chi connectivity index (χ2n) is 3.61. The summed E-state index contributed by atoms with van der Waals surface area (Å²) < 4.78 is 13.5. The van der Waals surface area contributed by atoms with E-state index < -0.39 is 39.9 Å². The van der Waals surface area contributed by atoms with E-state index in [1.807, 2.05) is 0 Å². The van der Waals surface area contributed by atoms with E-state index in [1.54, 1.807) is 0 Å². The predicted molar refractivity (Wildman–Crippen MR) is 64.1 cm³/mol. The monoisotopic (exact) mass is 323 g/mol. The lowest BCUT2D eigenvalue weighted by atomic mass is 10.0. The van der Waals surface area contributed by atoms with E-state index in [9.17, 15) is 29.8 Å². The van der Waals surface area contributed by atoms with Gasteiger partial charge in [0, 0.05) is 23.0 Å². The summed E-state index contributed by atoms with van der Waals surface area (Å²) in [5, 5.41) is 39.3. The molecule has 6 nitrogen and oxygen atoms in total. The van der Waals surface area contributed by atoms with Crippen molar-refractivity contribution in [2.75, 3.05) is 5.33 Å². The average Bonchev–Trinajstić information content (AvgIpc) is 2.28. The Hall–Kier alpha value is -1.25. The molecule has 0 aliphatic heterocycles. The largest absolute Gasteiger partial charge is 0.502 e. The normalized spacial score (nSPS) is 14.2. The summed E-state index contributed by atoms with van der Waals surface area (Å²) in [6, 6.07) is 1.25. The van der Waals surface area contributed by atoms with Crippen LogP contribution in [0.3, 0.4) is 0 Å². The number of aliphatic hydroxyl groups excluding tert-OH is 2. The molecule has 0 aliphatic carbocycles. The van der Waals surface area contributed by atoms with Crippen LogP contribution in [0.4, 0.5) is 10.1 Å². The molecule has 18 heavy (non-hydrogen) atoms. The second-order valence-corrected chi connectivity index (χ2v) is 4.40. The number of nitro benzene ring substituents is 1. The van der Waals surface area contributed by atoms with Gasteiger partial charge in [-0.1, -0.05) is 15.9 Å². The van der Waals surface area contributed by atoms with E-state index in [-0.39, 0.29) is 6.42 Å². The van der Waals surface area contributed by atoms with Gasteiger partial charge in [-0.25, -0.2) is 4.39 Å². The van der Waals surface area contributed by atoms with Crippen molar-refractivity contribution in [3.63, 3.8) is 0 Å². The summed E-state index contributed by atoms with van der Waals surface area (Å²) in [5.74, 6) is -1.84. The van der Waals surface area contributed by atoms with Gasteiger partial charge >= 0.3 is 5.69 Å². The molecule has 3 N–H and O–H groups in total. The van der Waals surface area contributed by atoms with Crippen molar-refractivity contribution in [2.45, 2.75) is 18.6 Å². The second kappa shape index (κ2) is 6.07. The maximum atomic E-state index is 13.5. The number of nitro groups is 1. The van der Waals surface area contributed by atoms with E-state index in [4.69, 9.17) is 0 Å². The molecule has 0 amide bonds. The molecule has 0 aliphatic rings. The van der Waals surface area contributed by atoms with E-state index in [0.717, 1.165) is 0 Å². The highest BCUT2D eigenvalue weighted by atomic mass is 79.9. The van der Waals surface area contributed by atoms with Crippen LogP contribution in [0.1, 0.15) is 18.1 Å². The van der Waals surface area contributed by atoms with Crippen molar-refractivity contribution >= 4 is 21.6 Å². The lowest BCUT2D eigenvalue weighted by molar-refractivity contribution is -0.386. The number of hydrogen-bond acceptors (Lipinski definition) is 5. The highest BCUT2D eigenvalue weighted by Crippen LogP contribution is 2.32. The predicted octanol–water partition coefficient (Wildman–Crippen LogP) is 1.62. The number of phenols is 1. The Morgan fingerprint density at radius 1 is 1.44 bits per heavy atom. The number of phenolic OH excluding ortho intramolecular Hbond substituents is 1. The van der Waals surface area contributed by atoms with Gasteiger partial charge in [0.25, 0.3) is 0 Å². The van der Waals surface area contributed by atoms with Crippen molar-refractivity contribution in [2.24, 2.45) is 0 Å². The topological polar surface area (TPSA) is 104 Å². The number of alkyl halides is 1. The van der Waals surface area contributed by atoms with Crippen LogP contribution >= 0.6 is 15.9 Å². The van der Waals surface area contributed by atoms with Crippen LogP contribution in [0.2, 0.25) is 0 Å². The Labute approximate surface area is 110 Å². The smallest absolute Gasteiger partial charge is 0.311 e. The first-order chi connectivity index (χ1) is 8.38. The summed E-state index contributed by atoms with van der Waals surface area (Å²) in [6.07, 6.45) is -2.71. The van der Waals surface area contributed by atoms with Crippen molar-refractivity contribution < 1.29 is 24.6 Å². The van der Waals surface area contributed by atoms with Crippen molar-refractivity contribution in [3.05, 3.63) is 33.6 Å². The van der Waals surface area contributed by atoms with Gasteiger partial charge in [0.1, 0.15) is 11.9 Å². The van der Waals surface area contributed by atoms with Crippen LogP contribution in [0.5, 0.6) is 5.75 Å². The van der Waals surface area contributed by atoms with Gasteiger partial charge in [0.15, 0.2) is 5.75 Å². The zero-order valence-corrected chi connectivity index (χ0v) is 10.7. The van der Waals surface area contributed by atoms with Gasteiger partial charge < -0.3 is 15.3 Å². The molecule has 1 aromatic carbocycles. The average molecular weight is 324 g/mol. The summed E-state index contributed by atoms with van der Waals surface area (Å²) in [4.78, 5) is 9.67.